The molecule has 0 N–H and O–H groups in total. The smallest absolute Gasteiger partial charge is 0.156 e. The standard InChI is InChI=1S/C21H20Cl2N6O/c1-12(2)21-14(11-24-19-9-18(23)27-29(19)21)8-15(30)6-13-7-16(22)20(25-10-13)17-4-5-26-28(17)3/h4-5,7,9-12H,6,8H2,1-3H3. The van der Waals surface area contributed by atoms with E-state index in [-0.39, 0.29) is 24.5 Å². The summed E-state index contributed by atoms with van der Waals surface area (Å²) in [5, 5.41) is 9.32. The van der Waals surface area contributed by atoms with Gasteiger partial charge in [0, 0.05) is 44.5 Å². The fourth-order valence-electron chi connectivity index (χ4n) is 3.58. The molecule has 30 heavy (non-hydrogen) atoms. The topological polar surface area (TPSA) is 78.0 Å². The molecule has 0 bridgehead atoms. The molecule has 0 radical (unpaired) electrons. The van der Waals surface area contributed by atoms with Crippen molar-refractivity contribution in [3.8, 4) is 11.4 Å². The van der Waals surface area contributed by atoms with Gasteiger partial charge in [-0.1, -0.05) is 37.0 Å². The van der Waals surface area contributed by atoms with Crippen LogP contribution in [0, 0.1) is 0 Å². The lowest BCUT2D eigenvalue weighted by Gasteiger charge is -2.14. The Morgan fingerprint density at radius 3 is 2.60 bits per heavy atom. The first-order valence-corrected chi connectivity index (χ1v) is 10.3. The van der Waals surface area contributed by atoms with Crippen molar-refractivity contribution in [2.75, 3.05) is 0 Å². The van der Waals surface area contributed by atoms with Gasteiger partial charge in [-0.25, -0.2) is 9.50 Å². The van der Waals surface area contributed by atoms with E-state index in [9.17, 15) is 4.79 Å². The van der Waals surface area contributed by atoms with Crippen LogP contribution in [0.5, 0.6) is 0 Å². The molecule has 7 nitrogen and oxygen atoms in total. The minimum Gasteiger partial charge on any atom is -0.299 e. The molecule has 4 rings (SSSR count). The number of carbonyl (C=O) groups is 1. The van der Waals surface area contributed by atoms with Gasteiger partial charge < -0.3 is 0 Å². The van der Waals surface area contributed by atoms with Crippen LogP contribution in [0.15, 0.2) is 36.8 Å². The Hall–Kier alpha value is -2.77. The van der Waals surface area contributed by atoms with E-state index in [1.54, 1.807) is 39.9 Å². The Morgan fingerprint density at radius 1 is 1.13 bits per heavy atom. The molecule has 0 saturated carbocycles. The van der Waals surface area contributed by atoms with Crippen LogP contribution in [-0.4, -0.2) is 35.1 Å². The van der Waals surface area contributed by atoms with Crippen molar-refractivity contribution in [2.24, 2.45) is 7.05 Å². The first-order chi connectivity index (χ1) is 14.3. The predicted octanol–water partition coefficient (Wildman–Crippen LogP) is 4.31. The van der Waals surface area contributed by atoms with Crippen molar-refractivity contribution in [3.05, 3.63) is 63.8 Å². The summed E-state index contributed by atoms with van der Waals surface area (Å²) in [6.07, 6.45) is 5.58. The Kier molecular flexibility index (Phi) is 5.58. The predicted molar refractivity (Wildman–Crippen MR) is 116 cm³/mol. The van der Waals surface area contributed by atoms with Crippen molar-refractivity contribution in [1.29, 1.82) is 0 Å². The molecule has 0 fully saturated rings. The Morgan fingerprint density at radius 2 is 1.93 bits per heavy atom. The van der Waals surface area contributed by atoms with Crippen molar-refractivity contribution in [3.63, 3.8) is 0 Å². The quantitative estimate of drug-likeness (QED) is 0.444. The number of hydrogen-bond donors (Lipinski definition) is 0. The second kappa shape index (κ2) is 8.16. The van der Waals surface area contributed by atoms with Crippen LogP contribution >= 0.6 is 23.2 Å². The van der Waals surface area contributed by atoms with Crippen LogP contribution in [0.4, 0.5) is 0 Å². The third-order valence-corrected chi connectivity index (χ3v) is 5.34. The number of fused-ring (bicyclic) bond motifs is 1. The van der Waals surface area contributed by atoms with Crippen LogP contribution in [0.25, 0.3) is 17.0 Å². The maximum atomic E-state index is 12.8. The number of halogens is 2. The van der Waals surface area contributed by atoms with Gasteiger partial charge in [-0.15, -0.1) is 0 Å². The lowest BCUT2D eigenvalue weighted by atomic mass is 9.98. The van der Waals surface area contributed by atoms with Crippen molar-refractivity contribution >= 4 is 34.6 Å². The number of ketones is 1. The zero-order valence-corrected chi connectivity index (χ0v) is 18.3. The van der Waals surface area contributed by atoms with Gasteiger partial charge in [0.1, 0.15) is 11.5 Å². The number of hydrogen-bond acceptors (Lipinski definition) is 5. The second-order valence-corrected chi connectivity index (χ2v) is 8.26. The zero-order chi connectivity index (χ0) is 21.4. The molecule has 0 saturated heterocycles. The average Bonchev–Trinajstić information content (AvgIpc) is 3.26. The largest absolute Gasteiger partial charge is 0.299 e. The number of aromatic nitrogens is 6. The highest BCUT2D eigenvalue weighted by atomic mass is 35.5. The molecule has 0 aliphatic rings. The SMILES string of the molecule is CC(C)c1c(CC(=O)Cc2cnc(-c3ccnn3C)c(Cl)c2)cnc2cc(Cl)nn12. The van der Waals surface area contributed by atoms with E-state index in [0.29, 0.717) is 21.5 Å². The monoisotopic (exact) mass is 442 g/mol. The van der Waals surface area contributed by atoms with Gasteiger partial charge in [0.2, 0.25) is 0 Å². The molecule has 0 aliphatic carbocycles. The molecule has 4 aromatic rings. The van der Waals surface area contributed by atoms with Crippen molar-refractivity contribution < 1.29 is 4.79 Å². The van der Waals surface area contributed by atoms with Gasteiger partial charge in [-0.05, 0) is 29.2 Å². The maximum absolute atomic E-state index is 12.8. The van der Waals surface area contributed by atoms with Gasteiger partial charge in [-0.3, -0.25) is 14.5 Å². The molecule has 0 spiro atoms. The van der Waals surface area contributed by atoms with E-state index < -0.39 is 0 Å². The molecular weight excluding hydrogens is 423 g/mol. The third kappa shape index (κ3) is 3.95. The second-order valence-electron chi connectivity index (χ2n) is 7.47. The molecule has 0 aromatic carbocycles. The molecule has 9 heteroatoms. The average molecular weight is 443 g/mol. The van der Waals surface area contributed by atoms with Crippen molar-refractivity contribution in [1.82, 2.24) is 29.4 Å². The Bertz CT molecular complexity index is 1240. The number of aryl methyl sites for hydroxylation is 1. The van der Waals surface area contributed by atoms with Gasteiger partial charge in [0.05, 0.1) is 16.4 Å². The number of carbonyl (C=O) groups excluding carboxylic acids is 1. The van der Waals surface area contributed by atoms with Crippen LogP contribution in [-0.2, 0) is 24.7 Å². The summed E-state index contributed by atoms with van der Waals surface area (Å²) in [5.74, 6) is 0.200. The van der Waals surface area contributed by atoms with E-state index in [1.165, 1.54) is 0 Å². The Balaban J connectivity index is 1.56. The summed E-state index contributed by atoms with van der Waals surface area (Å²) in [6, 6.07) is 5.33. The van der Waals surface area contributed by atoms with Gasteiger partial charge in [-0.2, -0.15) is 10.2 Å². The molecule has 0 unspecified atom stereocenters. The zero-order valence-electron chi connectivity index (χ0n) is 16.8. The van der Waals surface area contributed by atoms with E-state index in [0.717, 1.165) is 22.5 Å². The van der Waals surface area contributed by atoms with Crippen molar-refractivity contribution in [2.45, 2.75) is 32.6 Å². The minimum absolute atomic E-state index is 0.0439. The highest BCUT2D eigenvalue weighted by Crippen LogP contribution is 2.26. The maximum Gasteiger partial charge on any atom is 0.156 e. The minimum atomic E-state index is 0.0439. The summed E-state index contributed by atoms with van der Waals surface area (Å²) in [6.45, 7) is 4.11. The highest BCUT2D eigenvalue weighted by Gasteiger charge is 2.18. The van der Waals surface area contributed by atoms with E-state index in [1.807, 2.05) is 13.1 Å². The first-order valence-electron chi connectivity index (χ1n) is 9.51. The molecule has 0 amide bonds. The number of pyridine rings is 1. The van der Waals surface area contributed by atoms with Crippen LogP contribution in [0.3, 0.4) is 0 Å². The van der Waals surface area contributed by atoms with E-state index in [4.69, 9.17) is 23.2 Å². The van der Waals surface area contributed by atoms with Gasteiger partial charge in [0.25, 0.3) is 0 Å². The summed E-state index contributed by atoms with van der Waals surface area (Å²) in [4.78, 5) is 21.6. The van der Waals surface area contributed by atoms with E-state index in [2.05, 4.69) is 34.0 Å². The summed E-state index contributed by atoms with van der Waals surface area (Å²) in [7, 11) is 1.83. The van der Waals surface area contributed by atoms with Gasteiger partial charge in [0.15, 0.2) is 10.8 Å². The summed E-state index contributed by atoms with van der Waals surface area (Å²) >= 11 is 12.5. The molecule has 0 aliphatic heterocycles. The third-order valence-electron chi connectivity index (χ3n) is 4.87. The molecule has 4 heterocycles. The molecule has 154 valence electrons. The molecular formula is C21H20Cl2N6O. The normalized spacial score (nSPS) is 11.5. The van der Waals surface area contributed by atoms with Gasteiger partial charge >= 0.3 is 0 Å². The number of nitrogens with zero attached hydrogens (tertiary/aromatic N) is 6. The number of Topliss-reactive ketones (excluding diaryl/α,β-unsaturated/α-hetero) is 1. The summed E-state index contributed by atoms with van der Waals surface area (Å²) < 4.78 is 3.42. The fraction of sp³-hybridized carbons (Fsp3) is 0.286. The molecule has 4 aromatic heterocycles. The number of rotatable bonds is 6. The van der Waals surface area contributed by atoms with Crippen LogP contribution < -0.4 is 0 Å². The molecule has 0 atom stereocenters. The Labute approximate surface area is 183 Å². The summed E-state index contributed by atoms with van der Waals surface area (Å²) in [5.41, 5.74) is 4.66. The van der Waals surface area contributed by atoms with Crippen LogP contribution in [0.2, 0.25) is 10.2 Å². The first kappa shape index (κ1) is 20.5. The van der Waals surface area contributed by atoms with E-state index >= 15 is 0 Å². The lowest BCUT2D eigenvalue weighted by Crippen LogP contribution is -2.13. The highest BCUT2D eigenvalue weighted by molar-refractivity contribution is 6.33. The van der Waals surface area contributed by atoms with Crippen LogP contribution in [0.1, 0.15) is 36.6 Å². The lowest BCUT2D eigenvalue weighted by molar-refractivity contribution is -0.117. The fourth-order valence-corrected chi connectivity index (χ4v) is 4.04.